The van der Waals surface area contributed by atoms with Crippen LogP contribution in [0.4, 0.5) is 0 Å². The molecule has 0 spiro atoms. The van der Waals surface area contributed by atoms with E-state index < -0.39 is 5.97 Å². The van der Waals surface area contributed by atoms with Gasteiger partial charge in [-0.25, -0.2) is 4.79 Å². The van der Waals surface area contributed by atoms with Gasteiger partial charge in [-0.05, 0) is 41.7 Å². The smallest absolute Gasteiger partial charge is 0.335 e. The van der Waals surface area contributed by atoms with Gasteiger partial charge >= 0.3 is 5.97 Å². The summed E-state index contributed by atoms with van der Waals surface area (Å²) in [5.41, 5.74) is 2.26. The van der Waals surface area contributed by atoms with E-state index in [0.717, 1.165) is 23.3 Å². The van der Waals surface area contributed by atoms with Crippen LogP contribution in [-0.4, -0.2) is 35.5 Å². The van der Waals surface area contributed by atoms with Gasteiger partial charge in [0.15, 0.2) is 0 Å². The van der Waals surface area contributed by atoms with Crippen molar-refractivity contribution < 1.29 is 19.4 Å². The average molecular weight is 339 g/mol. The maximum atomic E-state index is 12.6. The van der Waals surface area contributed by atoms with Gasteiger partial charge in [0.05, 0.1) is 12.2 Å². The fourth-order valence-electron chi connectivity index (χ4n) is 3.11. The van der Waals surface area contributed by atoms with Gasteiger partial charge in [0.2, 0.25) is 5.91 Å². The number of aromatic carboxylic acids is 1. The number of benzene rings is 2. The Bertz CT molecular complexity index is 770. The van der Waals surface area contributed by atoms with Crippen LogP contribution in [0.2, 0.25) is 0 Å². The van der Waals surface area contributed by atoms with Gasteiger partial charge in [-0.2, -0.15) is 0 Å². The zero-order valence-corrected chi connectivity index (χ0v) is 14.1. The van der Waals surface area contributed by atoms with E-state index in [9.17, 15) is 9.59 Å². The molecule has 0 aliphatic carbocycles. The van der Waals surface area contributed by atoms with Gasteiger partial charge in [-0.1, -0.05) is 30.3 Å². The molecule has 1 N–H and O–H groups in total. The number of hydrogen-bond acceptors (Lipinski definition) is 3. The van der Waals surface area contributed by atoms with Crippen molar-refractivity contribution in [3.05, 3.63) is 65.2 Å². The maximum absolute atomic E-state index is 12.6. The molecule has 0 bridgehead atoms. The summed E-state index contributed by atoms with van der Waals surface area (Å²) >= 11 is 0. The highest BCUT2D eigenvalue weighted by Gasteiger charge is 2.24. The minimum absolute atomic E-state index is 0.0732. The first-order chi connectivity index (χ1) is 12.0. The highest BCUT2D eigenvalue weighted by Crippen LogP contribution is 2.35. The minimum Gasteiger partial charge on any atom is -0.493 e. The first-order valence-corrected chi connectivity index (χ1v) is 8.32. The van der Waals surface area contributed by atoms with Crippen molar-refractivity contribution in [3.8, 4) is 5.75 Å². The van der Waals surface area contributed by atoms with Crippen LogP contribution in [-0.2, 0) is 11.3 Å². The predicted molar refractivity (Wildman–Crippen MR) is 93.8 cm³/mol. The molecule has 2 aromatic rings. The molecule has 0 radical (unpaired) electrons. The third kappa shape index (κ3) is 3.99. The third-order valence-corrected chi connectivity index (χ3v) is 4.55. The normalized spacial score (nSPS) is 15.8. The molecule has 0 unspecified atom stereocenters. The van der Waals surface area contributed by atoms with E-state index in [1.54, 1.807) is 36.2 Å². The SMILES string of the molecule is CN(Cc1ccc(C(=O)O)cc1)C(=O)C[C@@H]1CCOc2ccccc21. The van der Waals surface area contributed by atoms with Gasteiger partial charge in [0, 0.05) is 20.0 Å². The molecule has 1 aliphatic rings. The molecule has 5 heteroatoms. The Kier molecular flexibility index (Phi) is 5.03. The summed E-state index contributed by atoms with van der Waals surface area (Å²) in [7, 11) is 1.78. The van der Waals surface area contributed by atoms with Gasteiger partial charge < -0.3 is 14.7 Å². The highest BCUT2D eigenvalue weighted by atomic mass is 16.5. The molecule has 0 saturated carbocycles. The number of hydrogen-bond donors (Lipinski definition) is 1. The topological polar surface area (TPSA) is 66.8 Å². The average Bonchev–Trinajstić information content (AvgIpc) is 2.62. The van der Waals surface area contributed by atoms with Crippen molar-refractivity contribution in [1.29, 1.82) is 0 Å². The number of amides is 1. The Labute approximate surface area is 146 Å². The van der Waals surface area contributed by atoms with E-state index in [1.165, 1.54) is 0 Å². The van der Waals surface area contributed by atoms with Crippen molar-refractivity contribution in [3.63, 3.8) is 0 Å². The summed E-state index contributed by atoms with van der Waals surface area (Å²) in [5, 5.41) is 8.93. The van der Waals surface area contributed by atoms with Crippen LogP contribution in [0, 0.1) is 0 Å². The van der Waals surface area contributed by atoms with Crippen LogP contribution in [0.25, 0.3) is 0 Å². The Morgan fingerprint density at radius 1 is 1.16 bits per heavy atom. The molecule has 3 rings (SSSR count). The van der Waals surface area contributed by atoms with Crippen molar-refractivity contribution in [1.82, 2.24) is 4.90 Å². The Balaban J connectivity index is 1.62. The number of carboxylic acid groups (broad SMARTS) is 1. The second-order valence-corrected chi connectivity index (χ2v) is 6.33. The van der Waals surface area contributed by atoms with Crippen LogP contribution in [0.5, 0.6) is 5.75 Å². The molecule has 1 amide bonds. The van der Waals surface area contributed by atoms with E-state index in [1.807, 2.05) is 24.3 Å². The number of carbonyl (C=O) groups excluding carboxylic acids is 1. The standard InChI is InChI=1S/C20H21NO4/c1-21(13-14-6-8-15(9-7-14)20(23)24)19(22)12-16-10-11-25-18-5-3-2-4-17(16)18/h2-9,16H,10-13H2,1H3,(H,23,24)/t16-/m0/s1. The van der Waals surface area contributed by atoms with Gasteiger partial charge in [0.25, 0.3) is 0 Å². The lowest BCUT2D eigenvalue weighted by molar-refractivity contribution is -0.131. The zero-order chi connectivity index (χ0) is 17.8. The van der Waals surface area contributed by atoms with Crippen molar-refractivity contribution in [2.45, 2.75) is 25.3 Å². The predicted octanol–water partition coefficient (Wildman–Crippen LogP) is 3.30. The molecule has 5 nitrogen and oxygen atoms in total. The molecule has 0 aromatic heterocycles. The lowest BCUT2D eigenvalue weighted by atomic mass is 9.90. The number of fused-ring (bicyclic) bond motifs is 1. The number of carboxylic acids is 1. The summed E-state index contributed by atoms with van der Waals surface area (Å²) in [5.74, 6) is 0.172. The van der Waals surface area contributed by atoms with E-state index >= 15 is 0 Å². The Morgan fingerprint density at radius 3 is 2.60 bits per heavy atom. The third-order valence-electron chi connectivity index (χ3n) is 4.55. The van der Waals surface area contributed by atoms with Crippen LogP contribution >= 0.6 is 0 Å². The molecule has 0 fully saturated rings. The number of carbonyl (C=O) groups is 2. The van der Waals surface area contributed by atoms with Crippen molar-refractivity contribution in [2.75, 3.05) is 13.7 Å². The summed E-state index contributed by atoms with van der Waals surface area (Å²) in [6.07, 6.45) is 1.29. The van der Waals surface area contributed by atoms with E-state index in [2.05, 4.69) is 0 Å². The largest absolute Gasteiger partial charge is 0.493 e. The molecule has 1 heterocycles. The lowest BCUT2D eigenvalue weighted by Crippen LogP contribution is -2.29. The number of para-hydroxylation sites is 1. The van der Waals surface area contributed by atoms with Gasteiger partial charge in [-0.15, -0.1) is 0 Å². The second kappa shape index (κ2) is 7.38. The first kappa shape index (κ1) is 17.0. The van der Waals surface area contributed by atoms with E-state index in [0.29, 0.717) is 19.6 Å². The van der Waals surface area contributed by atoms with Crippen molar-refractivity contribution >= 4 is 11.9 Å². The number of ether oxygens (including phenoxy) is 1. The molecule has 1 aliphatic heterocycles. The molecule has 0 saturated heterocycles. The van der Waals surface area contributed by atoms with Crippen LogP contribution in [0.3, 0.4) is 0 Å². The molecule has 2 aromatic carbocycles. The summed E-state index contributed by atoms with van der Waals surface area (Å²) < 4.78 is 5.65. The summed E-state index contributed by atoms with van der Waals surface area (Å²) in [6, 6.07) is 14.5. The van der Waals surface area contributed by atoms with Crippen LogP contribution in [0.1, 0.15) is 40.2 Å². The van der Waals surface area contributed by atoms with Crippen LogP contribution < -0.4 is 4.74 Å². The van der Waals surface area contributed by atoms with Gasteiger partial charge in [-0.3, -0.25) is 4.79 Å². The Morgan fingerprint density at radius 2 is 1.88 bits per heavy atom. The second-order valence-electron chi connectivity index (χ2n) is 6.33. The number of rotatable bonds is 5. The molecular weight excluding hydrogens is 318 g/mol. The number of nitrogens with zero attached hydrogens (tertiary/aromatic N) is 1. The molecule has 130 valence electrons. The molecular formula is C20H21NO4. The summed E-state index contributed by atoms with van der Waals surface area (Å²) in [4.78, 5) is 25.2. The zero-order valence-electron chi connectivity index (χ0n) is 14.1. The maximum Gasteiger partial charge on any atom is 0.335 e. The van der Waals surface area contributed by atoms with Crippen molar-refractivity contribution in [2.24, 2.45) is 0 Å². The first-order valence-electron chi connectivity index (χ1n) is 8.32. The monoisotopic (exact) mass is 339 g/mol. The molecule has 25 heavy (non-hydrogen) atoms. The van der Waals surface area contributed by atoms with Gasteiger partial charge in [0.1, 0.15) is 5.75 Å². The lowest BCUT2D eigenvalue weighted by Gasteiger charge is -2.27. The fraction of sp³-hybridized carbons (Fsp3) is 0.300. The summed E-state index contributed by atoms with van der Waals surface area (Å²) in [6.45, 7) is 1.10. The van der Waals surface area contributed by atoms with E-state index in [-0.39, 0.29) is 17.4 Å². The Hall–Kier alpha value is -2.82. The highest BCUT2D eigenvalue weighted by molar-refractivity contribution is 5.87. The fourth-order valence-corrected chi connectivity index (χ4v) is 3.11. The van der Waals surface area contributed by atoms with Crippen LogP contribution in [0.15, 0.2) is 48.5 Å². The van der Waals surface area contributed by atoms with E-state index in [4.69, 9.17) is 9.84 Å². The minimum atomic E-state index is -0.950. The molecule has 1 atom stereocenters. The quantitative estimate of drug-likeness (QED) is 0.908.